The van der Waals surface area contributed by atoms with Crippen LogP contribution in [0.4, 0.5) is 0 Å². The van der Waals surface area contributed by atoms with Crippen LogP contribution in [0, 0.1) is 12.8 Å². The summed E-state index contributed by atoms with van der Waals surface area (Å²) in [6.07, 6.45) is 5.79. The number of cyclic esters (lactones) is 1. The van der Waals surface area contributed by atoms with Crippen molar-refractivity contribution in [3.8, 4) is 0 Å². The van der Waals surface area contributed by atoms with E-state index in [2.05, 4.69) is 24.9 Å². The number of thiazole rings is 1. The number of allylic oxidation sites excluding steroid dienone is 1. The molecule has 7 heteroatoms. The van der Waals surface area contributed by atoms with E-state index < -0.39 is 29.0 Å². The van der Waals surface area contributed by atoms with E-state index in [1.165, 1.54) is 17.3 Å². The Kier molecular flexibility index (Phi) is 10.7. The molecule has 0 aliphatic carbocycles. The molecule has 186 valence electrons. The second-order valence-corrected chi connectivity index (χ2v) is 13.0. The second-order valence-electron chi connectivity index (χ2n) is 9.95. The van der Waals surface area contributed by atoms with E-state index in [9.17, 15) is 15.0 Å². The Morgan fingerprint density at radius 2 is 1.97 bits per heavy atom. The molecule has 1 aromatic heterocycles. The fourth-order valence-corrected chi connectivity index (χ4v) is 6.26. The molecule has 2 rings (SSSR count). The second kappa shape index (κ2) is 12.5. The standard InChI is InChI=1S/C26H41NO4S2/c1-16-9-8-10-17(2)25(30)19(4)33-26(6,7)23(28)14-24(29)31-22(12-11-16)18(3)13-21-15-32-20(5)27-21/h11,13,15,17,19,22-23,25,28,30H,8-10,12,14H2,1-7H3/b16-11-,18-13-/t17-,19+,22-,23-,25-/m0/s1. The fourth-order valence-electron chi connectivity index (χ4n) is 4.08. The Bertz CT molecular complexity index is 845. The number of carbonyl (C=O) groups is 1. The zero-order chi connectivity index (χ0) is 24.8. The summed E-state index contributed by atoms with van der Waals surface area (Å²) >= 11 is 3.13. The van der Waals surface area contributed by atoms with Crippen LogP contribution in [0.15, 0.2) is 22.6 Å². The predicted octanol–water partition coefficient (Wildman–Crippen LogP) is 5.94. The van der Waals surface area contributed by atoms with E-state index >= 15 is 0 Å². The van der Waals surface area contributed by atoms with Gasteiger partial charge in [-0.3, -0.25) is 4.79 Å². The number of hydrogen-bond acceptors (Lipinski definition) is 7. The molecule has 0 unspecified atom stereocenters. The van der Waals surface area contributed by atoms with Gasteiger partial charge in [0.25, 0.3) is 0 Å². The van der Waals surface area contributed by atoms with Crippen LogP contribution in [0.2, 0.25) is 0 Å². The van der Waals surface area contributed by atoms with Crippen LogP contribution >= 0.6 is 23.1 Å². The number of carbonyl (C=O) groups excluding carboxylic acids is 1. The van der Waals surface area contributed by atoms with E-state index in [1.54, 1.807) is 11.3 Å². The first-order valence-corrected chi connectivity index (χ1v) is 13.6. The molecular formula is C26H41NO4S2. The number of hydrogen-bond donors (Lipinski definition) is 2. The molecule has 0 saturated carbocycles. The summed E-state index contributed by atoms with van der Waals surface area (Å²) in [4.78, 5) is 17.3. The predicted molar refractivity (Wildman–Crippen MR) is 140 cm³/mol. The van der Waals surface area contributed by atoms with Crippen molar-refractivity contribution in [3.63, 3.8) is 0 Å². The quantitative estimate of drug-likeness (QED) is 0.391. The third-order valence-electron chi connectivity index (χ3n) is 6.42. The molecule has 0 spiro atoms. The SMILES string of the molecule is C/C1=C/C[C@@H](/C(C)=C\c2csc(C)n2)OC(=O)C[C@H](O)C(C)(C)S[C@H](C)[C@@H](O)[C@@H](C)CCC1. The molecule has 33 heavy (non-hydrogen) atoms. The summed E-state index contributed by atoms with van der Waals surface area (Å²) in [5.41, 5.74) is 3.07. The van der Waals surface area contributed by atoms with E-state index in [0.29, 0.717) is 6.42 Å². The molecule has 2 N–H and O–H groups in total. The zero-order valence-electron chi connectivity index (χ0n) is 21.1. The van der Waals surface area contributed by atoms with Gasteiger partial charge in [-0.25, -0.2) is 4.98 Å². The minimum atomic E-state index is -0.878. The van der Waals surface area contributed by atoms with Gasteiger partial charge in [-0.15, -0.1) is 23.1 Å². The first kappa shape index (κ1) is 28.1. The lowest BCUT2D eigenvalue weighted by Gasteiger charge is -2.35. The number of rotatable bonds is 2. The normalized spacial score (nSPS) is 32.6. The molecule has 0 fully saturated rings. The fraction of sp³-hybridized carbons (Fsp3) is 0.692. The number of aromatic nitrogens is 1. The smallest absolute Gasteiger partial charge is 0.309 e. The van der Waals surface area contributed by atoms with Gasteiger partial charge < -0.3 is 14.9 Å². The number of esters is 1. The molecule has 5 atom stereocenters. The number of thioether (sulfide) groups is 1. The molecule has 0 bridgehead atoms. The van der Waals surface area contributed by atoms with Gasteiger partial charge in [0.1, 0.15) is 6.10 Å². The summed E-state index contributed by atoms with van der Waals surface area (Å²) in [6, 6.07) is 0. The van der Waals surface area contributed by atoms with E-state index in [1.807, 2.05) is 46.1 Å². The number of aliphatic hydroxyl groups is 2. The summed E-state index contributed by atoms with van der Waals surface area (Å²) in [7, 11) is 0. The third kappa shape index (κ3) is 8.85. The monoisotopic (exact) mass is 495 g/mol. The van der Waals surface area contributed by atoms with Crippen molar-refractivity contribution >= 4 is 35.1 Å². The van der Waals surface area contributed by atoms with Crippen molar-refractivity contribution in [1.29, 1.82) is 0 Å². The number of aryl methyl sites for hydroxylation is 1. The Morgan fingerprint density at radius 3 is 2.61 bits per heavy atom. The maximum Gasteiger partial charge on any atom is 0.309 e. The average Bonchev–Trinajstić information content (AvgIpc) is 3.13. The molecule has 0 saturated heterocycles. The van der Waals surface area contributed by atoms with Gasteiger partial charge in [-0.05, 0) is 71.4 Å². The Balaban J connectivity index is 2.27. The highest BCUT2D eigenvalue weighted by atomic mass is 32.2. The summed E-state index contributed by atoms with van der Waals surface area (Å²) in [5, 5.41) is 24.6. The Morgan fingerprint density at radius 1 is 1.27 bits per heavy atom. The first-order valence-electron chi connectivity index (χ1n) is 11.9. The topological polar surface area (TPSA) is 79.7 Å². The van der Waals surface area contributed by atoms with Gasteiger partial charge >= 0.3 is 5.97 Å². The van der Waals surface area contributed by atoms with Crippen LogP contribution in [0.1, 0.15) is 84.3 Å². The van der Waals surface area contributed by atoms with Crippen molar-refractivity contribution in [2.45, 2.75) is 109 Å². The van der Waals surface area contributed by atoms with Gasteiger partial charge in [0.15, 0.2) is 0 Å². The van der Waals surface area contributed by atoms with Crippen LogP contribution in [0.3, 0.4) is 0 Å². The van der Waals surface area contributed by atoms with Gasteiger partial charge in [-0.1, -0.05) is 25.5 Å². The minimum absolute atomic E-state index is 0.0512. The van der Waals surface area contributed by atoms with E-state index in [4.69, 9.17) is 4.74 Å². The van der Waals surface area contributed by atoms with Crippen molar-refractivity contribution in [2.24, 2.45) is 5.92 Å². The highest BCUT2D eigenvalue weighted by molar-refractivity contribution is 8.01. The number of aliphatic hydroxyl groups excluding tert-OH is 2. The maximum absolute atomic E-state index is 12.8. The van der Waals surface area contributed by atoms with Crippen molar-refractivity contribution < 1.29 is 19.7 Å². The Labute approximate surface area is 207 Å². The van der Waals surface area contributed by atoms with E-state index in [0.717, 1.165) is 35.5 Å². The third-order valence-corrected chi connectivity index (χ3v) is 8.74. The van der Waals surface area contributed by atoms with Crippen LogP contribution in [-0.2, 0) is 9.53 Å². The van der Waals surface area contributed by atoms with Gasteiger partial charge in [-0.2, -0.15) is 0 Å². The summed E-state index contributed by atoms with van der Waals surface area (Å²) < 4.78 is 5.28. The van der Waals surface area contributed by atoms with Gasteiger partial charge in [0.2, 0.25) is 0 Å². The maximum atomic E-state index is 12.8. The minimum Gasteiger partial charge on any atom is -0.457 e. The number of nitrogens with zero attached hydrogens (tertiary/aromatic N) is 1. The molecule has 0 radical (unpaired) electrons. The zero-order valence-corrected chi connectivity index (χ0v) is 22.8. The summed E-state index contributed by atoms with van der Waals surface area (Å²) in [5.74, 6) is -0.242. The lowest BCUT2D eigenvalue weighted by atomic mass is 9.94. The molecule has 5 nitrogen and oxygen atoms in total. The lowest BCUT2D eigenvalue weighted by Crippen LogP contribution is -2.40. The molecule has 2 heterocycles. The lowest BCUT2D eigenvalue weighted by molar-refractivity contribution is -0.149. The van der Waals surface area contributed by atoms with E-state index in [-0.39, 0.29) is 17.6 Å². The molecule has 0 aromatic carbocycles. The number of ether oxygens (including phenoxy) is 1. The van der Waals surface area contributed by atoms with Gasteiger partial charge in [0, 0.05) is 21.8 Å². The van der Waals surface area contributed by atoms with Crippen molar-refractivity contribution in [3.05, 3.63) is 33.3 Å². The highest BCUT2D eigenvalue weighted by Crippen LogP contribution is 2.37. The van der Waals surface area contributed by atoms with Crippen molar-refractivity contribution in [1.82, 2.24) is 4.98 Å². The van der Waals surface area contributed by atoms with Crippen LogP contribution in [0.25, 0.3) is 6.08 Å². The molecule has 1 aromatic rings. The molecule has 1 aliphatic rings. The molecule has 1 aliphatic heterocycles. The summed E-state index contributed by atoms with van der Waals surface area (Å²) in [6.45, 7) is 14.0. The highest BCUT2D eigenvalue weighted by Gasteiger charge is 2.35. The van der Waals surface area contributed by atoms with Crippen LogP contribution < -0.4 is 0 Å². The van der Waals surface area contributed by atoms with Gasteiger partial charge in [0.05, 0.1) is 29.3 Å². The van der Waals surface area contributed by atoms with Crippen LogP contribution in [-0.4, -0.2) is 49.5 Å². The molecule has 0 amide bonds. The molecular weight excluding hydrogens is 454 g/mol. The largest absolute Gasteiger partial charge is 0.457 e. The Hall–Kier alpha value is -1.15. The van der Waals surface area contributed by atoms with Crippen LogP contribution in [0.5, 0.6) is 0 Å². The average molecular weight is 496 g/mol. The van der Waals surface area contributed by atoms with Crippen molar-refractivity contribution in [2.75, 3.05) is 0 Å². The first-order chi connectivity index (χ1) is 15.4.